The molecule has 0 spiro atoms. The van der Waals surface area contributed by atoms with E-state index in [1.54, 1.807) is 13.2 Å². The number of benzene rings is 1. The van der Waals surface area contributed by atoms with Crippen LogP contribution in [0.3, 0.4) is 0 Å². The Bertz CT molecular complexity index is 537. The molecule has 0 aliphatic carbocycles. The zero-order valence-electron chi connectivity index (χ0n) is 11.8. The first-order chi connectivity index (χ1) is 9.88. The van der Waals surface area contributed by atoms with E-state index in [0.717, 1.165) is 14.6 Å². The van der Waals surface area contributed by atoms with Crippen LogP contribution in [-0.2, 0) is 14.3 Å². The van der Waals surface area contributed by atoms with Crippen LogP contribution in [-0.4, -0.2) is 38.7 Å². The molecule has 116 valence electrons. The van der Waals surface area contributed by atoms with Crippen molar-refractivity contribution in [1.29, 1.82) is 0 Å². The molecule has 0 heterocycles. The second-order valence-electron chi connectivity index (χ2n) is 4.12. The Kier molecular flexibility index (Phi) is 6.97. The first-order valence-electron chi connectivity index (χ1n) is 6.00. The number of rotatable bonds is 6. The summed E-state index contributed by atoms with van der Waals surface area (Å²) in [5.74, 6) is -0.174. The minimum Gasteiger partial charge on any atom is -0.495 e. The summed E-state index contributed by atoms with van der Waals surface area (Å²) in [5, 5.41) is 5.60. The summed E-state index contributed by atoms with van der Waals surface area (Å²) in [5.41, 5.74) is 0.731. The van der Waals surface area contributed by atoms with Crippen LogP contribution in [0, 0.1) is 0 Å². The standard InChI is InChI=1S/C13H16Br2N2O4/c1-7(18)17-11(13(19)21-3)6-16-10-5-12(20-2)9(15)4-8(10)14/h4-5,11,16H,6H2,1-3H3,(H,17,18). The Balaban J connectivity index is 2.84. The van der Waals surface area contributed by atoms with Crippen molar-refractivity contribution in [2.45, 2.75) is 13.0 Å². The summed E-state index contributed by atoms with van der Waals surface area (Å²) >= 11 is 6.79. The van der Waals surface area contributed by atoms with Gasteiger partial charge in [-0.25, -0.2) is 4.79 Å². The molecule has 1 atom stereocenters. The lowest BCUT2D eigenvalue weighted by atomic mass is 10.2. The SMILES string of the molecule is COC(=O)C(CNc1cc(OC)c(Br)cc1Br)NC(C)=O. The zero-order valence-corrected chi connectivity index (χ0v) is 15.0. The Labute approximate surface area is 139 Å². The van der Waals surface area contributed by atoms with Crippen molar-refractivity contribution in [1.82, 2.24) is 5.32 Å². The highest BCUT2D eigenvalue weighted by atomic mass is 79.9. The van der Waals surface area contributed by atoms with Gasteiger partial charge in [0.25, 0.3) is 0 Å². The molecule has 2 N–H and O–H groups in total. The average molecular weight is 424 g/mol. The summed E-state index contributed by atoms with van der Waals surface area (Å²) in [6, 6.07) is 2.83. The van der Waals surface area contributed by atoms with E-state index < -0.39 is 12.0 Å². The van der Waals surface area contributed by atoms with E-state index in [1.165, 1.54) is 14.0 Å². The van der Waals surface area contributed by atoms with Crippen LogP contribution in [0.25, 0.3) is 0 Å². The summed E-state index contributed by atoms with van der Waals surface area (Å²) in [6.07, 6.45) is 0. The fraction of sp³-hybridized carbons (Fsp3) is 0.385. The van der Waals surface area contributed by atoms with E-state index in [9.17, 15) is 9.59 Å². The molecule has 0 fully saturated rings. The quantitative estimate of drug-likeness (QED) is 0.686. The molecule has 1 aromatic rings. The van der Waals surface area contributed by atoms with Crippen molar-refractivity contribution in [3.63, 3.8) is 0 Å². The number of nitrogens with one attached hydrogen (secondary N) is 2. The molecule has 6 nitrogen and oxygen atoms in total. The van der Waals surface area contributed by atoms with Gasteiger partial charge in [-0.3, -0.25) is 4.79 Å². The molecule has 21 heavy (non-hydrogen) atoms. The lowest BCUT2D eigenvalue weighted by molar-refractivity contribution is -0.144. The second kappa shape index (κ2) is 8.23. The Morgan fingerprint density at radius 2 is 1.90 bits per heavy atom. The Morgan fingerprint density at radius 3 is 2.43 bits per heavy atom. The van der Waals surface area contributed by atoms with E-state index in [4.69, 9.17) is 4.74 Å². The van der Waals surface area contributed by atoms with E-state index in [0.29, 0.717) is 5.75 Å². The van der Waals surface area contributed by atoms with Crippen molar-refractivity contribution in [2.24, 2.45) is 0 Å². The number of carbonyl (C=O) groups is 2. The first kappa shape index (κ1) is 17.8. The average Bonchev–Trinajstić information content (AvgIpc) is 2.43. The number of amides is 1. The molecule has 0 saturated carbocycles. The van der Waals surface area contributed by atoms with Crippen LogP contribution in [0.15, 0.2) is 21.1 Å². The van der Waals surface area contributed by atoms with E-state index >= 15 is 0 Å². The molecule has 0 saturated heterocycles. The second-order valence-corrected chi connectivity index (χ2v) is 5.83. The van der Waals surface area contributed by atoms with Crippen LogP contribution in [0.1, 0.15) is 6.92 Å². The van der Waals surface area contributed by atoms with E-state index in [-0.39, 0.29) is 12.5 Å². The van der Waals surface area contributed by atoms with Crippen molar-refractivity contribution in [3.05, 3.63) is 21.1 Å². The summed E-state index contributed by atoms with van der Waals surface area (Å²) < 4.78 is 11.5. The van der Waals surface area contributed by atoms with Crippen molar-refractivity contribution in [2.75, 3.05) is 26.1 Å². The molecule has 0 aromatic heterocycles. The number of halogens is 2. The summed E-state index contributed by atoms with van der Waals surface area (Å²) in [4.78, 5) is 22.7. The van der Waals surface area contributed by atoms with Gasteiger partial charge in [-0.15, -0.1) is 0 Å². The molecule has 1 unspecified atom stereocenters. The van der Waals surface area contributed by atoms with Crippen LogP contribution >= 0.6 is 31.9 Å². The summed E-state index contributed by atoms with van der Waals surface area (Å²) in [7, 11) is 2.84. The molecule has 0 bridgehead atoms. The normalized spacial score (nSPS) is 11.5. The van der Waals surface area contributed by atoms with Gasteiger partial charge >= 0.3 is 5.97 Å². The Hall–Kier alpha value is -1.28. The zero-order chi connectivity index (χ0) is 16.0. The van der Waals surface area contributed by atoms with Crippen LogP contribution in [0.4, 0.5) is 5.69 Å². The van der Waals surface area contributed by atoms with E-state index in [2.05, 4.69) is 47.2 Å². The molecule has 1 amide bonds. The number of ether oxygens (including phenoxy) is 2. The van der Waals surface area contributed by atoms with E-state index in [1.807, 2.05) is 6.07 Å². The predicted molar refractivity (Wildman–Crippen MR) is 86.5 cm³/mol. The van der Waals surface area contributed by atoms with Gasteiger partial charge in [0, 0.05) is 24.0 Å². The number of hydrogen-bond acceptors (Lipinski definition) is 5. The molecular formula is C13H16Br2N2O4. The lowest BCUT2D eigenvalue weighted by Gasteiger charge is -2.18. The third-order valence-corrected chi connectivity index (χ3v) is 3.88. The number of hydrogen-bond donors (Lipinski definition) is 2. The van der Waals surface area contributed by atoms with Gasteiger partial charge < -0.3 is 20.1 Å². The maximum atomic E-state index is 11.6. The smallest absolute Gasteiger partial charge is 0.330 e. The largest absolute Gasteiger partial charge is 0.495 e. The highest BCUT2D eigenvalue weighted by molar-refractivity contribution is 9.11. The molecule has 0 aliphatic heterocycles. The minimum atomic E-state index is -0.769. The van der Waals surface area contributed by atoms with Gasteiger partial charge in [-0.05, 0) is 37.9 Å². The molecule has 1 aromatic carbocycles. The third-order valence-electron chi connectivity index (χ3n) is 2.60. The van der Waals surface area contributed by atoms with Gasteiger partial charge in [-0.1, -0.05) is 0 Å². The number of anilines is 1. The minimum absolute atomic E-state index is 0.190. The van der Waals surface area contributed by atoms with Crippen LogP contribution in [0.2, 0.25) is 0 Å². The summed E-state index contributed by atoms with van der Waals surface area (Å²) in [6.45, 7) is 1.53. The first-order valence-corrected chi connectivity index (χ1v) is 7.59. The number of carbonyl (C=O) groups excluding carboxylic acids is 2. The fourth-order valence-corrected chi connectivity index (χ4v) is 2.91. The van der Waals surface area contributed by atoms with Gasteiger partial charge in [0.15, 0.2) is 0 Å². The maximum Gasteiger partial charge on any atom is 0.330 e. The van der Waals surface area contributed by atoms with Crippen molar-refractivity contribution in [3.8, 4) is 5.75 Å². The van der Waals surface area contributed by atoms with Crippen molar-refractivity contribution >= 4 is 49.4 Å². The molecule has 0 aliphatic rings. The van der Waals surface area contributed by atoms with Crippen LogP contribution in [0.5, 0.6) is 5.75 Å². The molecule has 0 radical (unpaired) electrons. The van der Waals surface area contributed by atoms with Crippen molar-refractivity contribution < 1.29 is 19.1 Å². The molecule has 8 heteroatoms. The number of esters is 1. The monoisotopic (exact) mass is 422 g/mol. The molecular weight excluding hydrogens is 408 g/mol. The van der Waals surface area contributed by atoms with Gasteiger partial charge in [0.05, 0.1) is 24.4 Å². The predicted octanol–water partition coefficient (Wildman–Crippen LogP) is 2.31. The number of methoxy groups -OCH3 is 2. The van der Waals surface area contributed by atoms with Gasteiger partial charge in [0.2, 0.25) is 5.91 Å². The van der Waals surface area contributed by atoms with Gasteiger partial charge in [-0.2, -0.15) is 0 Å². The molecule has 1 rings (SSSR count). The van der Waals surface area contributed by atoms with Gasteiger partial charge in [0.1, 0.15) is 11.8 Å². The highest BCUT2D eigenvalue weighted by Crippen LogP contribution is 2.34. The maximum absolute atomic E-state index is 11.6. The Morgan fingerprint density at radius 1 is 1.24 bits per heavy atom. The fourth-order valence-electron chi connectivity index (χ4n) is 1.61. The third kappa shape index (κ3) is 5.20. The topological polar surface area (TPSA) is 76.7 Å². The highest BCUT2D eigenvalue weighted by Gasteiger charge is 2.20. The van der Waals surface area contributed by atoms with Crippen LogP contribution < -0.4 is 15.4 Å². The lowest BCUT2D eigenvalue weighted by Crippen LogP contribution is -2.45.